The Morgan fingerprint density at radius 1 is 1.19 bits per heavy atom. The molecule has 0 bridgehead atoms. The molecule has 3 rings (SSSR count). The van der Waals surface area contributed by atoms with Crippen molar-refractivity contribution in [3.05, 3.63) is 68.9 Å². The fourth-order valence-electron chi connectivity index (χ4n) is 2.29. The molecule has 0 aliphatic carbocycles. The van der Waals surface area contributed by atoms with Gasteiger partial charge in [-0.05, 0) is 53.5 Å². The van der Waals surface area contributed by atoms with Crippen molar-refractivity contribution < 1.29 is 4.74 Å². The number of aromatic nitrogens is 3. The van der Waals surface area contributed by atoms with E-state index in [1.54, 1.807) is 18.3 Å². The molecule has 0 radical (unpaired) electrons. The Bertz CT molecular complexity index is 1000. The van der Waals surface area contributed by atoms with Crippen LogP contribution in [0.5, 0.6) is 5.75 Å². The highest BCUT2D eigenvalue weighted by molar-refractivity contribution is 9.10. The fraction of sp³-hybridized carbons (Fsp3) is 0.158. The average Bonchev–Trinajstić information content (AvgIpc) is 2.64. The number of nitrogens with zero attached hydrogens (tertiary/aromatic N) is 3. The zero-order valence-electron chi connectivity index (χ0n) is 14.8. The van der Waals surface area contributed by atoms with Gasteiger partial charge in [-0.2, -0.15) is 5.10 Å². The highest BCUT2D eigenvalue weighted by atomic mass is 79.9. The molecule has 0 saturated heterocycles. The Morgan fingerprint density at radius 3 is 2.63 bits per heavy atom. The molecule has 0 unspecified atom stereocenters. The van der Waals surface area contributed by atoms with Crippen molar-refractivity contribution in [2.24, 2.45) is 5.10 Å². The lowest BCUT2D eigenvalue weighted by atomic mass is 10.2. The zero-order chi connectivity index (χ0) is 19.2. The molecule has 1 heterocycles. The van der Waals surface area contributed by atoms with Crippen LogP contribution in [0.15, 0.2) is 62.9 Å². The van der Waals surface area contributed by atoms with Crippen molar-refractivity contribution in [2.45, 2.75) is 20.0 Å². The SMILES string of the molecule is CC(C)Oc1ccc(/C=N/Nc2nnc(-c3ccccc3)c(=O)[nH]2)cc1Br. The first kappa shape index (κ1) is 18.8. The Labute approximate surface area is 164 Å². The van der Waals surface area contributed by atoms with Crippen LogP contribution in [-0.4, -0.2) is 27.5 Å². The summed E-state index contributed by atoms with van der Waals surface area (Å²) in [5.74, 6) is 0.927. The number of aromatic amines is 1. The number of nitrogens with one attached hydrogen (secondary N) is 2. The van der Waals surface area contributed by atoms with Gasteiger partial charge >= 0.3 is 0 Å². The second-order valence-electron chi connectivity index (χ2n) is 5.94. The molecule has 0 spiro atoms. The summed E-state index contributed by atoms with van der Waals surface area (Å²) in [6.07, 6.45) is 1.70. The van der Waals surface area contributed by atoms with E-state index in [4.69, 9.17) is 4.74 Å². The number of anilines is 1. The molecule has 7 nitrogen and oxygen atoms in total. The maximum Gasteiger partial charge on any atom is 0.279 e. The zero-order valence-corrected chi connectivity index (χ0v) is 16.4. The molecule has 0 amide bonds. The summed E-state index contributed by atoms with van der Waals surface area (Å²) in [5.41, 5.74) is 4.14. The van der Waals surface area contributed by atoms with E-state index in [9.17, 15) is 4.79 Å². The minimum atomic E-state index is -0.341. The van der Waals surface area contributed by atoms with Gasteiger partial charge in [-0.1, -0.05) is 30.3 Å². The lowest BCUT2D eigenvalue weighted by molar-refractivity contribution is 0.241. The van der Waals surface area contributed by atoms with Crippen LogP contribution in [0.4, 0.5) is 5.95 Å². The van der Waals surface area contributed by atoms with Gasteiger partial charge in [0.05, 0.1) is 16.8 Å². The van der Waals surface area contributed by atoms with Crippen LogP contribution >= 0.6 is 15.9 Å². The van der Waals surface area contributed by atoms with E-state index in [1.807, 2.05) is 50.2 Å². The number of hydrazone groups is 1. The second kappa shape index (κ2) is 8.59. The number of rotatable bonds is 6. The minimum Gasteiger partial charge on any atom is -0.490 e. The van der Waals surface area contributed by atoms with Gasteiger partial charge < -0.3 is 4.74 Å². The summed E-state index contributed by atoms with van der Waals surface area (Å²) in [6.45, 7) is 3.94. The largest absolute Gasteiger partial charge is 0.490 e. The first-order valence-electron chi connectivity index (χ1n) is 8.30. The molecule has 2 aromatic carbocycles. The summed E-state index contributed by atoms with van der Waals surface area (Å²) in [6, 6.07) is 14.8. The van der Waals surface area contributed by atoms with E-state index in [0.717, 1.165) is 15.8 Å². The molecule has 3 aromatic rings. The second-order valence-corrected chi connectivity index (χ2v) is 6.80. The van der Waals surface area contributed by atoms with Gasteiger partial charge in [-0.3, -0.25) is 9.78 Å². The first-order chi connectivity index (χ1) is 13.0. The number of benzene rings is 2. The third-order valence-electron chi connectivity index (χ3n) is 3.45. The van der Waals surface area contributed by atoms with E-state index in [1.165, 1.54) is 0 Å². The predicted octanol–water partition coefficient (Wildman–Crippen LogP) is 3.83. The molecule has 0 atom stereocenters. The molecule has 0 fully saturated rings. The van der Waals surface area contributed by atoms with E-state index >= 15 is 0 Å². The standard InChI is InChI=1S/C19H18BrN5O2/c1-12(2)27-16-9-8-13(10-15(16)20)11-21-24-19-22-18(26)17(23-25-19)14-6-4-3-5-7-14/h3-12H,1-2H3,(H2,22,24,25,26)/b21-11+. The highest BCUT2D eigenvalue weighted by Gasteiger charge is 2.07. The Balaban J connectivity index is 1.69. The summed E-state index contributed by atoms with van der Waals surface area (Å²) >= 11 is 3.48. The molecule has 0 aliphatic heterocycles. The van der Waals surface area contributed by atoms with Gasteiger partial charge in [0.25, 0.3) is 5.56 Å². The van der Waals surface area contributed by atoms with E-state index in [2.05, 4.69) is 41.6 Å². The van der Waals surface area contributed by atoms with Gasteiger partial charge in [0.2, 0.25) is 5.95 Å². The number of H-pyrrole nitrogens is 1. The normalized spacial score (nSPS) is 11.1. The maximum absolute atomic E-state index is 12.2. The van der Waals surface area contributed by atoms with Crippen LogP contribution in [0.25, 0.3) is 11.3 Å². The number of halogens is 1. The van der Waals surface area contributed by atoms with Crippen molar-refractivity contribution in [3.63, 3.8) is 0 Å². The van der Waals surface area contributed by atoms with Gasteiger partial charge in [-0.25, -0.2) is 5.43 Å². The predicted molar refractivity (Wildman–Crippen MR) is 109 cm³/mol. The fourth-order valence-corrected chi connectivity index (χ4v) is 2.78. The molecule has 0 aliphatic rings. The van der Waals surface area contributed by atoms with Crippen molar-refractivity contribution in [1.29, 1.82) is 0 Å². The van der Waals surface area contributed by atoms with Gasteiger partial charge in [0.1, 0.15) is 5.75 Å². The Morgan fingerprint density at radius 2 is 1.96 bits per heavy atom. The Hall–Kier alpha value is -3.00. The van der Waals surface area contributed by atoms with E-state index in [-0.39, 0.29) is 23.3 Å². The highest BCUT2D eigenvalue weighted by Crippen LogP contribution is 2.26. The van der Waals surface area contributed by atoms with Crippen LogP contribution < -0.4 is 15.7 Å². The first-order valence-corrected chi connectivity index (χ1v) is 9.10. The third-order valence-corrected chi connectivity index (χ3v) is 4.07. The molecule has 2 N–H and O–H groups in total. The summed E-state index contributed by atoms with van der Waals surface area (Å²) < 4.78 is 6.50. The molecular formula is C19H18BrN5O2. The van der Waals surface area contributed by atoms with Gasteiger partial charge in [0, 0.05) is 5.56 Å². The molecular weight excluding hydrogens is 410 g/mol. The molecule has 8 heteroatoms. The van der Waals surface area contributed by atoms with E-state index < -0.39 is 0 Å². The molecule has 1 aromatic heterocycles. The van der Waals surface area contributed by atoms with Crippen molar-refractivity contribution >= 4 is 28.1 Å². The Kier molecular flexibility index (Phi) is 5.97. The molecule has 0 saturated carbocycles. The van der Waals surface area contributed by atoms with Crippen LogP contribution in [0.3, 0.4) is 0 Å². The van der Waals surface area contributed by atoms with Crippen molar-refractivity contribution in [1.82, 2.24) is 15.2 Å². The maximum atomic E-state index is 12.2. The van der Waals surface area contributed by atoms with Crippen molar-refractivity contribution in [3.8, 4) is 17.0 Å². The monoisotopic (exact) mass is 427 g/mol. The number of hydrogen-bond donors (Lipinski definition) is 2. The minimum absolute atomic E-state index is 0.0942. The van der Waals surface area contributed by atoms with Gasteiger partial charge in [-0.15, -0.1) is 10.2 Å². The summed E-state index contributed by atoms with van der Waals surface area (Å²) in [5, 5.41) is 12.0. The van der Waals surface area contributed by atoms with Crippen LogP contribution in [-0.2, 0) is 0 Å². The van der Waals surface area contributed by atoms with Crippen LogP contribution in [0, 0.1) is 0 Å². The third kappa shape index (κ3) is 5.01. The van der Waals surface area contributed by atoms with Crippen LogP contribution in [0.2, 0.25) is 0 Å². The summed E-state index contributed by atoms with van der Waals surface area (Å²) in [4.78, 5) is 14.8. The number of hydrogen-bond acceptors (Lipinski definition) is 6. The quantitative estimate of drug-likeness (QED) is 0.460. The smallest absolute Gasteiger partial charge is 0.279 e. The molecule has 138 valence electrons. The number of ether oxygens (including phenoxy) is 1. The average molecular weight is 428 g/mol. The van der Waals surface area contributed by atoms with Gasteiger partial charge in [0.15, 0.2) is 5.69 Å². The van der Waals surface area contributed by atoms with Crippen LogP contribution in [0.1, 0.15) is 19.4 Å². The molecule has 27 heavy (non-hydrogen) atoms. The topological polar surface area (TPSA) is 92.3 Å². The summed E-state index contributed by atoms with van der Waals surface area (Å²) in [7, 11) is 0. The lowest BCUT2D eigenvalue weighted by Gasteiger charge is -2.11. The van der Waals surface area contributed by atoms with E-state index in [0.29, 0.717) is 5.56 Å². The lowest BCUT2D eigenvalue weighted by Crippen LogP contribution is -2.15. The van der Waals surface area contributed by atoms with Crippen molar-refractivity contribution in [2.75, 3.05) is 5.43 Å².